The van der Waals surface area contributed by atoms with Crippen molar-refractivity contribution in [2.75, 3.05) is 0 Å². The molecule has 130 valence electrons. The molecule has 0 bridgehead atoms. The lowest BCUT2D eigenvalue weighted by Gasteiger charge is -2.08. The predicted octanol–water partition coefficient (Wildman–Crippen LogP) is 4.04. The lowest BCUT2D eigenvalue weighted by Crippen LogP contribution is -2.14. The minimum Gasteiger partial charge on any atom is -0.361 e. The van der Waals surface area contributed by atoms with Crippen LogP contribution in [0.1, 0.15) is 17.4 Å². The largest absolute Gasteiger partial charge is 0.361 e. The Hall–Kier alpha value is -2.34. The topological polar surface area (TPSA) is 83.4 Å². The second-order valence-electron chi connectivity index (χ2n) is 5.59. The maximum atomic E-state index is 6.35. The van der Waals surface area contributed by atoms with Gasteiger partial charge in [-0.15, -0.1) is 24.8 Å². The van der Waals surface area contributed by atoms with Crippen LogP contribution in [0, 0.1) is 0 Å². The SMILES string of the molecule is Cl.Cl.N[C@H](Cc1c[nH]c2ccccc12)c1ncc(-c2ccncc2)[nH]1. The number of aromatic amines is 2. The van der Waals surface area contributed by atoms with Crippen LogP contribution in [0.15, 0.2) is 61.2 Å². The second kappa shape index (κ2) is 8.16. The predicted molar refractivity (Wildman–Crippen MR) is 105 cm³/mol. The normalized spacial score (nSPS) is 11.6. The molecule has 0 spiro atoms. The molecule has 5 nitrogen and oxygen atoms in total. The van der Waals surface area contributed by atoms with Crippen molar-refractivity contribution >= 4 is 35.7 Å². The molecule has 0 aliphatic rings. The number of nitrogens with two attached hydrogens (primary N) is 1. The van der Waals surface area contributed by atoms with Gasteiger partial charge in [0.1, 0.15) is 5.82 Å². The molecule has 0 aliphatic heterocycles. The third-order valence-electron chi connectivity index (χ3n) is 4.05. The Morgan fingerprint density at radius 1 is 1.04 bits per heavy atom. The molecule has 4 N–H and O–H groups in total. The van der Waals surface area contributed by atoms with E-state index in [0.717, 1.165) is 29.0 Å². The van der Waals surface area contributed by atoms with Crippen molar-refractivity contribution < 1.29 is 0 Å². The smallest absolute Gasteiger partial charge is 0.123 e. The first-order valence-electron chi connectivity index (χ1n) is 7.57. The summed E-state index contributed by atoms with van der Waals surface area (Å²) in [5, 5.41) is 1.21. The molecule has 0 saturated carbocycles. The molecular weight excluding hydrogens is 357 g/mol. The molecule has 25 heavy (non-hydrogen) atoms. The minimum absolute atomic E-state index is 0. The number of rotatable bonds is 4. The number of nitrogens with zero attached hydrogens (tertiary/aromatic N) is 2. The Morgan fingerprint density at radius 3 is 2.60 bits per heavy atom. The number of benzene rings is 1. The third kappa shape index (κ3) is 3.85. The molecule has 7 heteroatoms. The first kappa shape index (κ1) is 19.0. The summed E-state index contributed by atoms with van der Waals surface area (Å²) in [6, 6.07) is 12.0. The molecule has 0 aliphatic carbocycles. The van der Waals surface area contributed by atoms with E-state index in [1.165, 1.54) is 10.9 Å². The van der Waals surface area contributed by atoms with E-state index >= 15 is 0 Å². The van der Waals surface area contributed by atoms with Crippen LogP contribution in [0.2, 0.25) is 0 Å². The number of imidazole rings is 1. The molecule has 0 unspecified atom stereocenters. The minimum atomic E-state index is -0.176. The van der Waals surface area contributed by atoms with Gasteiger partial charge in [-0.05, 0) is 30.2 Å². The zero-order chi connectivity index (χ0) is 15.6. The molecular formula is C18H19Cl2N5. The number of aromatic nitrogens is 4. The Labute approximate surface area is 157 Å². The number of nitrogens with one attached hydrogen (secondary N) is 2. The lowest BCUT2D eigenvalue weighted by atomic mass is 10.1. The fourth-order valence-electron chi connectivity index (χ4n) is 2.84. The van der Waals surface area contributed by atoms with Gasteiger partial charge in [0.15, 0.2) is 0 Å². The quantitative estimate of drug-likeness (QED) is 0.503. The van der Waals surface area contributed by atoms with E-state index in [1.54, 1.807) is 12.4 Å². The summed E-state index contributed by atoms with van der Waals surface area (Å²) in [4.78, 5) is 15.1. The zero-order valence-corrected chi connectivity index (χ0v) is 15.0. The summed E-state index contributed by atoms with van der Waals surface area (Å²) in [7, 11) is 0. The number of hydrogen-bond donors (Lipinski definition) is 3. The number of pyridine rings is 1. The Balaban J connectivity index is 0.00000113. The summed E-state index contributed by atoms with van der Waals surface area (Å²) in [6.07, 6.45) is 8.10. The summed E-state index contributed by atoms with van der Waals surface area (Å²) >= 11 is 0. The molecule has 3 aromatic heterocycles. The molecule has 0 amide bonds. The van der Waals surface area contributed by atoms with Crippen molar-refractivity contribution in [3.05, 3.63) is 72.6 Å². The second-order valence-corrected chi connectivity index (χ2v) is 5.59. The van der Waals surface area contributed by atoms with Gasteiger partial charge in [0.25, 0.3) is 0 Å². The summed E-state index contributed by atoms with van der Waals surface area (Å²) < 4.78 is 0. The molecule has 4 rings (SSSR count). The van der Waals surface area contributed by atoms with Crippen LogP contribution in [0.5, 0.6) is 0 Å². The maximum absolute atomic E-state index is 6.35. The van der Waals surface area contributed by atoms with Crippen LogP contribution in [0.3, 0.4) is 0 Å². The van der Waals surface area contributed by atoms with E-state index < -0.39 is 0 Å². The van der Waals surface area contributed by atoms with Crippen LogP contribution < -0.4 is 5.73 Å². The van der Waals surface area contributed by atoms with Crippen molar-refractivity contribution in [1.29, 1.82) is 0 Å². The summed E-state index contributed by atoms with van der Waals surface area (Å²) in [6.45, 7) is 0. The number of para-hydroxylation sites is 1. The van der Waals surface area contributed by atoms with E-state index in [-0.39, 0.29) is 30.9 Å². The van der Waals surface area contributed by atoms with Crippen molar-refractivity contribution in [3.8, 4) is 11.3 Å². The average molecular weight is 376 g/mol. The monoisotopic (exact) mass is 375 g/mol. The van der Waals surface area contributed by atoms with Gasteiger partial charge in [-0.25, -0.2) is 4.98 Å². The van der Waals surface area contributed by atoms with E-state index in [0.29, 0.717) is 0 Å². The van der Waals surface area contributed by atoms with Gasteiger partial charge in [-0.1, -0.05) is 18.2 Å². The van der Waals surface area contributed by atoms with E-state index in [1.807, 2.05) is 36.7 Å². The van der Waals surface area contributed by atoms with Gasteiger partial charge in [0.2, 0.25) is 0 Å². The summed E-state index contributed by atoms with van der Waals surface area (Å²) in [5.74, 6) is 0.794. The Kier molecular flexibility index (Phi) is 6.20. The maximum Gasteiger partial charge on any atom is 0.123 e. The lowest BCUT2D eigenvalue weighted by molar-refractivity contribution is 0.680. The number of H-pyrrole nitrogens is 2. The molecule has 0 radical (unpaired) electrons. The van der Waals surface area contributed by atoms with Gasteiger partial charge in [0, 0.05) is 35.1 Å². The van der Waals surface area contributed by atoms with Crippen molar-refractivity contribution in [3.63, 3.8) is 0 Å². The molecule has 0 fully saturated rings. The van der Waals surface area contributed by atoms with Gasteiger partial charge in [0.05, 0.1) is 17.9 Å². The molecule has 1 atom stereocenters. The van der Waals surface area contributed by atoms with E-state index in [2.05, 4.69) is 32.1 Å². The van der Waals surface area contributed by atoms with Crippen LogP contribution in [0.25, 0.3) is 22.2 Å². The highest BCUT2D eigenvalue weighted by Crippen LogP contribution is 2.23. The van der Waals surface area contributed by atoms with Crippen LogP contribution in [-0.4, -0.2) is 19.9 Å². The van der Waals surface area contributed by atoms with Gasteiger partial charge in [-0.3, -0.25) is 4.98 Å². The first-order chi connectivity index (χ1) is 11.3. The van der Waals surface area contributed by atoms with Crippen molar-refractivity contribution in [1.82, 2.24) is 19.9 Å². The first-order valence-corrected chi connectivity index (χ1v) is 7.57. The molecule has 3 heterocycles. The number of fused-ring (bicyclic) bond motifs is 1. The van der Waals surface area contributed by atoms with Crippen LogP contribution in [-0.2, 0) is 6.42 Å². The molecule has 1 aromatic carbocycles. The number of hydrogen-bond acceptors (Lipinski definition) is 3. The van der Waals surface area contributed by atoms with E-state index in [4.69, 9.17) is 5.73 Å². The van der Waals surface area contributed by atoms with Crippen molar-refractivity contribution in [2.24, 2.45) is 5.73 Å². The highest BCUT2D eigenvalue weighted by Gasteiger charge is 2.14. The fraction of sp³-hybridized carbons (Fsp3) is 0.111. The molecule has 0 saturated heterocycles. The van der Waals surface area contributed by atoms with Crippen LogP contribution in [0.4, 0.5) is 0 Å². The van der Waals surface area contributed by atoms with Crippen molar-refractivity contribution in [2.45, 2.75) is 12.5 Å². The third-order valence-corrected chi connectivity index (χ3v) is 4.05. The zero-order valence-electron chi connectivity index (χ0n) is 13.3. The van der Waals surface area contributed by atoms with Gasteiger partial charge in [-0.2, -0.15) is 0 Å². The fourth-order valence-corrected chi connectivity index (χ4v) is 2.84. The Morgan fingerprint density at radius 2 is 1.80 bits per heavy atom. The molecule has 4 aromatic rings. The average Bonchev–Trinajstić information content (AvgIpc) is 3.24. The standard InChI is InChI=1S/C18H17N5.2ClH/c19-15(9-13-10-21-16-4-2-1-3-14(13)16)18-22-11-17(23-18)12-5-7-20-8-6-12;;/h1-8,10-11,15,21H,9,19H2,(H,22,23);2*1H/t15-;;/m1../s1. The van der Waals surface area contributed by atoms with Gasteiger partial charge >= 0.3 is 0 Å². The highest BCUT2D eigenvalue weighted by atomic mass is 35.5. The number of halogens is 2. The van der Waals surface area contributed by atoms with Crippen LogP contribution >= 0.6 is 24.8 Å². The highest BCUT2D eigenvalue weighted by molar-refractivity contribution is 5.85. The summed E-state index contributed by atoms with van der Waals surface area (Å²) in [5.41, 5.74) is 10.7. The van der Waals surface area contributed by atoms with Gasteiger partial charge < -0.3 is 15.7 Å². The van der Waals surface area contributed by atoms with E-state index in [9.17, 15) is 0 Å². The Bertz CT molecular complexity index is 933.